The first kappa shape index (κ1) is 18.9. The fourth-order valence-corrected chi connectivity index (χ4v) is 1.53. The van der Waals surface area contributed by atoms with Gasteiger partial charge in [-0.2, -0.15) is 39.5 Å². The van der Waals surface area contributed by atoms with Crippen LogP contribution in [0, 0.1) is 0 Å². The van der Waals surface area contributed by atoms with Crippen molar-refractivity contribution in [2.75, 3.05) is 0 Å². The summed E-state index contributed by atoms with van der Waals surface area (Å²) in [6.45, 7) is 0. The van der Waals surface area contributed by atoms with Crippen molar-refractivity contribution >= 4 is 22.0 Å². The second-order valence-electron chi connectivity index (χ2n) is 4.15. The van der Waals surface area contributed by atoms with Gasteiger partial charge in [0.25, 0.3) is 0 Å². The van der Waals surface area contributed by atoms with E-state index in [2.05, 4.69) is 15.9 Å². The molecule has 1 aromatic carbocycles. The topological polar surface area (TPSA) is 0 Å². The second kappa shape index (κ2) is 5.78. The van der Waals surface area contributed by atoms with Crippen LogP contribution in [0.3, 0.4) is 0 Å². The summed E-state index contributed by atoms with van der Waals surface area (Å²) in [6.07, 6.45) is -7.17. The van der Waals surface area contributed by atoms with Crippen LogP contribution >= 0.6 is 15.9 Å². The van der Waals surface area contributed by atoms with Gasteiger partial charge in [-0.05, 0) is 23.8 Å². The van der Waals surface area contributed by atoms with Gasteiger partial charge in [0.1, 0.15) is 0 Å². The average molecular weight is 401 g/mol. The minimum absolute atomic E-state index is 0.0889. The third kappa shape index (κ3) is 3.41. The Labute approximate surface area is 126 Å². The number of allylic oxidation sites excluding steroid dienone is 1. The van der Waals surface area contributed by atoms with Crippen LogP contribution in [-0.2, 0) is 0 Å². The van der Waals surface area contributed by atoms with Crippen molar-refractivity contribution in [3.8, 4) is 0 Å². The molecular weight excluding hydrogens is 395 g/mol. The number of benzene rings is 1. The SMILES string of the molecule is FC(F)(F)C(F)(F)C(F)(F)C(F)(F)/C=C/c1ccc(Br)cc1. The van der Waals surface area contributed by atoms with Gasteiger partial charge >= 0.3 is 23.9 Å². The van der Waals surface area contributed by atoms with Crippen molar-refractivity contribution in [2.45, 2.75) is 23.9 Å². The summed E-state index contributed by atoms with van der Waals surface area (Å²) in [5, 5.41) is 0. The normalized spacial score (nSPS) is 14.6. The molecule has 0 radical (unpaired) electrons. The molecule has 0 unspecified atom stereocenters. The molecule has 0 heterocycles. The van der Waals surface area contributed by atoms with Gasteiger partial charge < -0.3 is 0 Å². The fraction of sp³-hybridized carbons (Fsp3) is 0.333. The summed E-state index contributed by atoms with van der Waals surface area (Å²) in [7, 11) is 0. The van der Waals surface area contributed by atoms with Crippen molar-refractivity contribution in [3.05, 3.63) is 40.4 Å². The van der Waals surface area contributed by atoms with E-state index < -0.39 is 30.0 Å². The molecule has 0 N–H and O–H groups in total. The maximum Gasteiger partial charge on any atom is 0.460 e. The highest BCUT2D eigenvalue weighted by Gasteiger charge is 2.81. The van der Waals surface area contributed by atoms with E-state index in [9.17, 15) is 39.5 Å². The molecule has 0 atom stereocenters. The molecule has 10 heteroatoms. The zero-order chi connectivity index (χ0) is 17.4. The third-order valence-electron chi connectivity index (χ3n) is 2.52. The predicted molar refractivity (Wildman–Crippen MR) is 64.1 cm³/mol. The predicted octanol–water partition coefficient (Wildman–Crippen LogP) is 5.93. The second-order valence-corrected chi connectivity index (χ2v) is 5.07. The fourth-order valence-electron chi connectivity index (χ4n) is 1.27. The van der Waals surface area contributed by atoms with Gasteiger partial charge in [0.15, 0.2) is 0 Å². The summed E-state index contributed by atoms with van der Waals surface area (Å²) in [4.78, 5) is 0. The van der Waals surface area contributed by atoms with Gasteiger partial charge in [0.05, 0.1) is 0 Å². The van der Waals surface area contributed by atoms with Crippen molar-refractivity contribution < 1.29 is 39.5 Å². The van der Waals surface area contributed by atoms with E-state index in [0.29, 0.717) is 10.5 Å². The molecule has 0 spiro atoms. The van der Waals surface area contributed by atoms with Crippen LogP contribution in [0.25, 0.3) is 6.08 Å². The minimum Gasteiger partial charge on any atom is -0.195 e. The maximum absolute atomic E-state index is 13.2. The molecule has 0 aromatic heterocycles. The van der Waals surface area contributed by atoms with Crippen LogP contribution < -0.4 is 0 Å². The Morgan fingerprint density at radius 2 is 1.18 bits per heavy atom. The number of alkyl halides is 9. The van der Waals surface area contributed by atoms with Crippen LogP contribution in [0.2, 0.25) is 0 Å². The number of rotatable bonds is 4. The van der Waals surface area contributed by atoms with Crippen molar-refractivity contribution in [2.24, 2.45) is 0 Å². The molecule has 22 heavy (non-hydrogen) atoms. The summed E-state index contributed by atoms with van der Waals surface area (Å²) < 4.78 is 114. The van der Waals surface area contributed by atoms with E-state index in [4.69, 9.17) is 0 Å². The lowest BCUT2D eigenvalue weighted by Gasteiger charge is -2.32. The lowest BCUT2D eigenvalue weighted by Crippen LogP contribution is -2.60. The Balaban J connectivity index is 3.13. The summed E-state index contributed by atoms with van der Waals surface area (Å²) >= 11 is 3.00. The highest BCUT2D eigenvalue weighted by atomic mass is 79.9. The van der Waals surface area contributed by atoms with E-state index in [0.717, 1.165) is 12.1 Å². The Morgan fingerprint density at radius 1 is 0.727 bits per heavy atom. The number of hydrogen-bond acceptors (Lipinski definition) is 0. The molecule has 0 fully saturated rings. The summed E-state index contributed by atoms with van der Waals surface area (Å²) in [5.74, 6) is -19.2. The van der Waals surface area contributed by atoms with Gasteiger partial charge in [-0.1, -0.05) is 34.1 Å². The van der Waals surface area contributed by atoms with Crippen molar-refractivity contribution in [1.29, 1.82) is 0 Å². The molecule has 124 valence electrons. The molecule has 1 aromatic rings. The Morgan fingerprint density at radius 3 is 1.59 bits per heavy atom. The number of hydrogen-bond donors (Lipinski definition) is 0. The molecule has 0 aliphatic carbocycles. The first-order valence-corrected chi connectivity index (χ1v) is 6.16. The van der Waals surface area contributed by atoms with E-state index in [1.165, 1.54) is 12.1 Å². The Bertz CT molecular complexity index is 543. The highest BCUT2D eigenvalue weighted by Crippen LogP contribution is 2.53. The zero-order valence-corrected chi connectivity index (χ0v) is 11.8. The molecule has 0 nitrogen and oxygen atoms in total. The Kier molecular flexibility index (Phi) is 4.96. The lowest BCUT2D eigenvalue weighted by atomic mass is 10.0. The minimum atomic E-state index is -6.88. The van der Waals surface area contributed by atoms with Crippen LogP contribution in [-0.4, -0.2) is 23.9 Å². The molecule has 0 aliphatic rings. The third-order valence-corrected chi connectivity index (χ3v) is 3.05. The molecule has 0 aliphatic heterocycles. The lowest BCUT2D eigenvalue weighted by molar-refractivity contribution is -0.388. The Hall–Kier alpha value is -1.19. The summed E-state index contributed by atoms with van der Waals surface area (Å²) in [5.41, 5.74) is -0.0889. The van der Waals surface area contributed by atoms with Gasteiger partial charge in [0, 0.05) is 4.47 Å². The highest BCUT2D eigenvalue weighted by molar-refractivity contribution is 9.10. The molecule has 1 rings (SSSR count). The molecule has 0 bridgehead atoms. The molecule has 0 saturated carbocycles. The van der Waals surface area contributed by atoms with Crippen LogP contribution in [0.1, 0.15) is 5.56 Å². The zero-order valence-electron chi connectivity index (χ0n) is 10.2. The molecule has 0 saturated heterocycles. The van der Waals surface area contributed by atoms with Gasteiger partial charge in [-0.15, -0.1) is 0 Å². The van der Waals surface area contributed by atoms with Crippen LogP contribution in [0.5, 0.6) is 0 Å². The number of halogens is 10. The van der Waals surface area contributed by atoms with E-state index in [1.807, 2.05) is 0 Å². The molecule has 0 amide bonds. The largest absolute Gasteiger partial charge is 0.460 e. The van der Waals surface area contributed by atoms with Gasteiger partial charge in [-0.3, -0.25) is 0 Å². The van der Waals surface area contributed by atoms with Gasteiger partial charge in [0.2, 0.25) is 0 Å². The van der Waals surface area contributed by atoms with Crippen molar-refractivity contribution in [1.82, 2.24) is 0 Å². The van der Waals surface area contributed by atoms with E-state index in [-0.39, 0.29) is 5.56 Å². The first-order chi connectivity index (χ1) is 9.72. The average Bonchev–Trinajstić information content (AvgIpc) is 2.36. The van der Waals surface area contributed by atoms with Crippen LogP contribution in [0.4, 0.5) is 39.5 Å². The van der Waals surface area contributed by atoms with Crippen molar-refractivity contribution in [3.63, 3.8) is 0 Å². The molecular formula is C12H6BrF9. The first-order valence-electron chi connectivity index (χ1n) is 5.37. The smallest absolute Gasteiger partial charge is 0.195 e. The maximum atomic E-state index is 13.2. The quantitative estimate of drug-likeness (QED) is 0.549. The standard InChI is InChI=1S/C12H6BrF9/c13-8-3-1-7(2-4-8)5-6-9(14,15)10(16,17)11(18,19)12(20,21)22/h1-6H/b6-5+. The van der Waals surface area contributed by atoms with E-state index >= 15 is 0 Å². The monoisotopic (exact) mass is 400 g/mol. The van der Waals surface area contributed by atoms with Gasteiger partial charge in [-0.25, -0.2) is 0 Å². The van der Waals surface area contributed by atoms with Crippen LogP contribution in [0.15, 0.2) is 34.8 Å². The van der Waals surface area contributed by atoms with E-state index in [1.54, 1.807) is 0 Å². The summed E-state index contributed by atoms with van der Waals surface area (Å²) in [6, 6.07) is 4.99.